The molecule has 2 fully saturated rings. The Morgan fingerprint density at radius 2 is 2.06 bits per heavy atom. The number of piperidine rings is 1. The monoisotopic (exact) mass is 323 g/mol. The summed E-state index contributed by atoms with van der Waals surface area (Å²) < 4.78 is 24.7. The Kier molecular flexibility index (Phi) is 4.53. The van der Waals surface area contributed by atoms with Crippen molar-refractivity contribution in [2.75, 3.05) is 19.3 Å². The summed E-state index contributed by atoms with van der Waals surface area (Å²) in [7, 11) is -2.98. The number of alkyl halides is 1. The van der Waals surface area contributed by atoms with Crippen molar-refractivity contribution in [1.82, 2.24) is 4.31 Å². The molecule has 1 saturated carbocycles. The summed E-state index contributed by atoms with van der Waals surface area (Å²) in [6.45, 7) is 1.46. The first kappa shape index (κ1) is 13.8. The van der Waals surface area contributed by atoms with Crippen molar-refractivity contribution in [1.29, 1.82) is 0 Å². The highest BCUT2D eigenvalue weighted by Crippen LogP contribution is 2.39. The number of halogens is 1. The summed E-state index contributed by atoms with van der Waals surface area (Å²) in [4.78, 5) is 0.663. The molecule has 1 aliphatic carbocycles. The Bertz CT molecular complexity index is 354. The van der Waals surface area contributed by atoms with Crippen LogP contribution in [-0.2, 0) is 10.0 Å². The second kappa shape index (κ2) is 5.57. The van der Waals surface area contributed by atoms with E-state index in [9.17, 15) is 8.42 Å². The summed E-state index contributed by atoms with van der Waals surface area (Å²) >= 11 is 3.75. The lowest BCUT2D eigenvalue weighted by molar-refractivity contribution is 0.253. The highest BCUT2D eigenvalue weighted by molar-refractivity contribution is 9.09. The first-order chi connectivity index (χ1) is 7.97. The van der Waals surface area contributed by atoms with Crippen molar-refractivity contribution in [2.45, 2.75) is 43.4 Å². The largest absolute Gasteiger partial charge is 0.213 e. The van der Waals surface area contributed by atoms with Crippen LogP contribution in [0.1, 0.15) is 38.5 Å². The molecule has 1 heterocycles. The lowest BCUT2D eigenvalue weighted by Crippen LogP contribution is -2.39. The van der Waals surface area contributed by atoms with Crippen molar-refractivity contribution < 1.29 is 8.42 Å². The van der Waals surface area contributed by atoms with E-state index in [2.05, 4.69) is 15.9 Å². The molecular formula is C12H22BrNO2S. The molecule has 5 heteroatoms. The second-order valence-electron chi connectivity index (χ2n) is 5.56. The van der Waals surface area contributed by atoms with Gasteiger partial charge < -0.3 is 0 Å². The van der Waals surface area contributed by atoms with Gasteiger partial charge in [0.25, 0.3) is 0 Å². The Morgan fingerprint density at radius 1 is 1.35 bits per heavy atom. The molecule has 0 aromatic heterocycles. The third kappa shape index (κ3) is 4.21. The van der Waals surface area contributed by atoms with Crippen LogP contribution in [0, 0.1) is 11.8 Å². The van der Waals surface area contributed by atoms with Crippen LogP contribution in [0.3, 0.4) is 0 Å². The highest BCUT2D eigenvalue weighted by atomic mass is 79.9. The predicted molar refractivity (Wildman–Crippen MR) is 73.8 cm³/mol. The second-order valence-corrected chi connectivity index (χ2v) is 8.72. The first-order valence-electron chi connectivity index (χ1n) is 6.56. The average molecular weight is 324 g/mol. The van der Waals surface area contributed by atoms with E-state index in [0.29, 0.717) is 10.7 Å². The fourth-order valence-electron chi connectivity index (χ4n) is 2.65. The molecule has 17 heavy (non-hydrogen) atoms. The summed E-state index contributed by atoms with van der Waals surface area (Å²) in [6.07, 6.45) is 8.65. The molecule has 0 spiro atoms. The summed E-state index contributed by atoms with van der Waals surface area (Å²) in [5.74, 6) is 1.46. The quantitative estimate of drug-likeness (QED) is 0.729. The molecule has 0 amide bonds. The van der Waals surface area contributed by atoms with Crippen LogP contribution in [0.5, 0.6) is 0 Å². The zero-order chi connectivity index (χ0) is 12.5. The molecule has 2 aliphatic rings. The van der Waals surface area contributed by atoms with Crippen molar-refractivity contribution in [2.24, 2.45) is 11.8 Å². The van der Waals surface area contributed by atoms with Crippen LogP contribution in [0.2, 0.25) is 0 Å². The average Bonchev–Trinajstić information content (AvgIpc) is 3.09. The SMILES string of the molecule is CS(=O)(=O)N1CCCC(CCC(Br)C2CC2)C1. The van der Waals surface area contributed by atoms with Gasteiger partial charge in [-0.25, -0.2) is 12.7 Å². The van der Waals surface area contributed by atoms with E-state index < -0.39 is 10.0 Å². The van der Waals surface area contributed by atoms with Crippen LogP contribution in [0.25, 0.3) is 0 Å². The topological polar surface area (TPSA) is 37.4 Å². The summed E-state index contributed by atoms with van der Waals surface area (Å²) in [5, 5.41) is 0. The van der Waals surface area contributed by atoms with Crippen molar-refractivity contribution in [3.8, 4) is 0 Å². The summed E-state index contributed by atoms with van der Waals surface area (Å²) in [5.41, 5.74) is 0. The molecule has 0 aromatic carbocycles. The maximum Gasteiger partial charge on any atom is 0.211 e. The van der Waals surface area contributed by atoms with E-state index >= 15 is 0 Å². The Labute approximate surface area is 113 Å². The third-order valence-electron chi connectivity index (χ3n) is 3.93. The van der Waals surface area contributed by atoms with Crippen LogP contribution in [0.4, 0.5) is 0 Å². The van der Waals surface area contributed by atoms with Crippen LogP contribution in [-0.4, -0.2) is 36.9 Å². The Balaban J connectivity index is 1.77. The number of rotatable bonds is 5. The fourth-order valence-corrected chi connectivity index (χ4v) is 4.39. The standard InChI is InChI=1S/C12H22BrNO2S/c1-17(15,16)14-8-2-3-10(9-14)4-7-12(13)11-5-6-11/h10-12H,2-9H2,1H3. The molecule has 1 saturated heterocycles. The lowest BCUT2D eigenvalue weighted by atomic mass is 9.93. The number of hydrogen-bond donors (Lipinski definition) is 0. The van der Waals surface area contributed by atoms with Gasteiger partial charge in [0.1, 0.15) is 0 Å². The van der Waals surface area contributed by atoms with Gasteiger partial charge in [-0.3, -0.25) is 0 Å². The van der Waals surface area contributed by atoms with Crippen LogP contribution >= 0.6 is 15.9 Å². The number of sulfonamides is 1. The van der Waals surface area contributed by atoms with Gasteiger partial charge in [-0.15, -0.1) is 0 Å². The molecule has 0 N–H and O–H groups in total. The van der Waals surface area contributed by atoms with Crippen molar-refractivity contribution in [3.05, 3.63) is 0 Å². The van der Waals surface area contributed by atoms with Crippen molar-refractivity contribution in [3.63, 3.8) is 0 Å². The summed E-state index contributed by atoms with van der Waals surface area (Å²) in [6, 6.07) is 0. The Morgan fingerprint density at radius 3 is 2.65 bits per heavy atom. The van der Waals surface area contributed by atoms with Crippen molar-refractivity contribution >= 4 is 26.0 Å². The van der Waals surface area contributed by atoms with Crippen LogP contribution < -0.4 is 0 Å². The zero-order valence-electron chi connectivity index (χ0n) is 10.4. The van der Waals surface area contributed by atoms with Gasteiger partial charge in [-0.2, -0.15) is 0 Å². The predicted octanol–water partition coefficient (Wildman–Crippen LogP) is 2.61. The molecule has 1 aliphatic heterocycles. The van der Waals surface area contributed by atoms with E-state index in [1.807, 2.05) is 0 Å². The van der Waals surface area contributed by atoms with E-state index in [4.69, 9.17) is 0 Å². The number of nitrogens with zero attached hydrogens (tertiary/aromatic N) is 1. The molecule has 2 atom stereocenters. The van der Waals surface area contributed by atoms with Gasteiger partial charge in [0, 0.05) is 17.9 Å². The van der Waals surface area contributed by atoms with E-state index in [1.54, 1.807) is 4.31 Å². The molecule has 0 bridgehead atoms. The van der Waals surface area contributed by atoms with Gasteiger partial charge >= 0.3 is 0 Å². The smallest absolute Gasteiger partial charge is 0.211 e. The Hall–Kier alpha value is 0.390. The van der Waals surface area contributed by atoms with E-state index in [1.165, 1.54) is 38.4 Å². The molecule has 3 nitrogen and oxygen atoms in total. The highest BCUT2D eigenvalue weighted by Gasteiger charge is 2.31. The minimum absolute atomic E-state index is 0.567. The molecular weight excluding hydrogens is 302 g/mol. The molecule has 0 radical (unpaired) electrons. The fraction of sp³-hybridized carbons (Fsp3) is 1.00. The maximum absolute atomic E-state index is 11.5. The minimum Gasteiger partial charge on any atom is -0.213 e. The lowest BCUT2D eigenvalue weighted by Gasteiger charge is -2.31. The van der Waals surface area contributed by atoms with Gasteiger partial charge in [0.15, 0.2) is 0 Å². The van der Waals surface area contributed by atoms with Gasteiger partial charge in [0.05, 0.1) is 6.26 Å². The van der Waals surface area contributed by atoms with Gasteiger partial charge in [-0.1, -0.05) is 15.9 Å². The molecule has 2 unspecified atom stereocenters. The normalized spacial score (nSPS) is 29.2. The van der Waals surface area contributed by atoms with Crippen LogP contribution in [0.15, 0.2) is 0 Å². The molecule has 100 valence electrons. The minimum atomic E-state index is -2.98. The maximum atomic E-state index is 11.5. The van der Waals surface area contributed by atoms with E-state index in [0.717, 1.165) is 25.4 Å². The molecule has 0 aromatic rings. The zero-order valence-corrected chi connectivity index (χ0v) is 12.8. The third-order valence-corrected chi connectivity index (χ3v) is 6.41. The van der Waals surface area contributed by atoms with Gasteiger partial charge in [0.2, 0.25) is 10.0 Å². The first-order valence-corrected chi connectivity index (χ1v) is 9.32. The van der Waals surface area contributed by atoms with Gasteiger partial charge in [-0.05, 0) is 50.4 Å². The molecule has 2 rings (SSSR count). The van der Waals surface area contributed by atoms with E-state index in [-0.39, 0.29) is 0 Å². The number of hydrogen-bond acceptors (Lipinski definition) is 2.